The zero-order chi connectivity index (χ0) is 20.9. The maximum Gasteiger partial charge on any atom is 0.263 e. The molecule has 1 aromatic heterocycles. The van der Waals surface area contributed by atoms with E-state index < -0.39 is 0 Å². The smallest absolute Gasteiger partial charge is 0.263 e. The van der Waals surface area contributed by atoms with E-state index in [9.17, 15) is 4.79 Å². The van der Waals surface area contributed by atoms with Crippen molar-refractivity contribution in [2.45, 2.75) is 32.8 Å². The highest BCUT2D eigenvalue weighted by atomic mass is 35.5. The Hall–Kier alpha value is -2.30. The van der Waals surface area contributed by atoms with Crippen LogP contribution < -0.4 is 4.74 Å². The Morgan fingerprint density at radius 2 is 1.87 bits per heavy atom. The molecular formula is C25H26ClNO2S. The standard InChI is InChI=1S/C25H26ClNO2S/c1-18-13-22(7-8-23(18)26)29-16-21-15-24(30-17-21)25(28)27-11-9-20(10-12-27)14-19-5-3-2-4-6-19/h2-8,13,15,17,20H,9-12,14,16H2,1H3. The van der Waals surface area contributed by atoms with Gasteiger partial charge in [0.25, 0.3) is 5.91 Å². The van der Waals surface area contributed by atoms with Gasteiger partial charge in [-0.2, -0.15) is 0 Å². The van der Waals surface area contributed by atoms with Gasteiger partial charge in [0, 0.05) is 23.7 Å². The molecule has 2 heterocycles. The number of carbonyl (C=O) groups is 1. The van der Waals surface area contributed by atoms with Gasteiger partial charge in [-0.25, -0.2) is 0 Å². The number of carbonyl (C=O) groups excluding carboxylic acids is 1. The van der Waals surface area contributed by atoms with E-state index in [0.717, 1.165) is 59.1 Å². The van der Waals surface area contributed by atoms with Crippen LogP contribution in [-0.4, -0.2) is 23.9 Å². The van der Waals surface area contributed by atoms with Gasteiger partial charge < -0.3 is 9.64 Å². The van der Waals surface area contributed by atoms with E-state index in [1.165, 1.54) is 16.9 Å². The molecule has 0 radical (unpaired) electrons. The van der Waals surface area contributed by atoms with Crippen molar-refractivity contribution in [2.24, 2.45) is 5.92 Å². The zero-order valence-corrected chi connectivity index (χ0v) is 18.7. The second-order valence-corrected chi connectivity index (χ2v) is 9.26. The van der Waals surface area contributed by atoms with Crippen LogP contribution in [0, 0.1) is 12.8 Å². The molecule has 2 aromatic carbocycles. The van der Waals surface area contributed by atoms with Crippen molar-refractivity contribution < 1.29 is 9.53 Å². The molecule has 0 N–H and O–H groups in total. The number of benzene rings is 2. The van der Waals surface area contributed by atoms with Crippen LogP contribution in [-0.2, 0) is 13.0 Å². The number of halogens is 1. The molecule has 5 heteroatoms. The van der Waals surface area contributed by atoms with Crippen LogP contribution in [0.2, 0.25) is 5.02 Å². The molecule has 1 amide bonds. The second-order valence-electron chi connectivity index (χ2n) is 7.94. The first-order valence-corrected chi connectivity index (χ1v) is 11.6. The van der Waals surface area contributed by atoms with Gasteiger partial charge in [-0.05, 0) is 72.9 Å². The number of amides is 1. The highest BCUT2D eigenvalue weighted by molar-refractivity contribution is 7.12. The van der Waals surface area contributed by atoms with E-state index in [2.05, 4.69) is 30.3 Å². The van der Waals surface area contributed by atoms with E-state index in [4.69, 9.17) is 16.3 Å². The minimum Gasteiger partial charge on any atom is -0.489 e. The Morgan fingerprint density at radius 3 is 2.60 bits per heavy atom. The van der Waals surface area contributed by atoms with Gasteiger partial charge in [-0.3, -0.25) is 4.79 Å². The van der Waals surface area contributed by atoms with Crippen LogP contribution in [0.4, 0.5) is 0 Å². The lowest BCUT2D eigenvalue weighted by molar-refractivity contribution is 0.0695. The lowest BCUT2D eigenvalue weighted by Gasteiger charge is -2.31. The van der Waals surface area contributed by atoms with Gasteiger partial charge >= 0.3 is 0 Å². The zero-order valence-electron chi connectivity index (χ0n) is 17.1. The second kappa shape index (κ2) is 9.67. The number of piperidine rings is 1. The van der Waals surface area contributed by atoms with Crippen LogP contribution in [0.15, 0.2) is 60.0 Å². The van der Waals surface area contributed by atoms with Crippen LogP contribution in [0.1, 0.15) is 39.2 Å². The van der Waals surface area contributed by atoms with Crippen molar-refractivity contribution in [1.29, 1.82) is 0 Å². The number of nitrogens with zero attached hydrogens (tertiary/aromatic N) is 1. The molecule has 0 atom stereocenters. The molecule has 0 spiro atoms. The Morgan fingerprint density at radius 1 is 1.10 bits per heavy atom. The largest absolute Gasteiger partial charge is 0.489 e. The SMILES string of the molecule is Cc1cc(OCc2csc(C(=O)N3CCC(Cc4ccccc4)CC3)c2)ccc1Cl. The highest BCUT2D eigenvalue weighted by Gasteiger charge is 2.24. The summed E-state index contributed by atoms with van der Waals surface area (Å²) >= 11 is 7.57. The van der Waals surface area contributed by atoms with Crippen molar-refractivity contribution in [2.75, 3.05) is 13.1 Å². The number of hydrogen-bond donors (Lipinski definition) is 0. The number of hydrogen-bond acceptors (Lipinski definition) is 3. The topological polar surface area (TPSA) is 29.5 Å². The summed E-state index contributed by atoms with van der Waals surface area (Å²) in [6, 6.07) is 18.2. The molecule has 0 bridgehead atoms. The summed E-state index contributed by atoms with van der Waals surface area (Å²) in [5.41, 5.74) is 3.40. The van der Waals surface area contributed by atoms with Crippen molar-refractivity contribution in [3.05, 3.63) is 86.6 Å². The fraction of sp³-hybridized carbons (Fsp3) is 0.320. The molecule has 3 nitrogen and oxygen atoms in total. The predicted molar refractivity (Wildman–Crippen MR) is 124 cm³/mol. The molecule has 1 aliphatic heterocycles. The quantitative estimate of drug-likeness (QED) is 0.445. The number of ether oxygens (including phenoxy) is 1. The molecule has 1 saturated heterocycles. The summed E-state index contributed by atoms with van der Waals surface area (Å²) in [5, 5.41) is 2.75. The summed E-state index contributed by atoms with van der Waals surface area (Å²) in [7, 11) is 0. The molecule has 0 saturated carbocycles. The Labute approximate surface area is 187 Å². The van der Waals surface area contributed by atoms with E-state index in [-0.39, 0.29) is 5.91 Å². The van der Waals surface area contributed by atoms with Crippen molar-refractivity contribution >= 4 is 28.8 Å². The number of aryl methyl sites for hydroxylation is 1. The molecular weight excluding hydrogens is 414 g/mol. The Kier molecular flexibility index (Phi) is 6.76. The van der Waals surface area contributed by atoms with Crippen LogP contribution in [0.3, 0.4) is 0 Å². The molecule has 3 aromatic rings. The van der Waals surface area contributed by atoms with E-state index in [1.807, 2.05) is 41.5 Å². The van der Waals surface area contributed by atoms with E-state index in [1.54, 1.807) is 0 Å². The van der Waals surface area contributed by atoms with E-state index >= 15 is 0 Å². The van der Waals surface area contributed by atoms with E-state index in [0.29, 0.717) is 12.5 Å². The summed E-state index contributed by atoms with van der Waals surface area (Å²) in [4.78, 5) is 15.7. The first-order valence-electron chi connectivity index (χ1n) is 10.4. The highest BCUT2D eigenvalue weighted by Crippen LogP contribution is 2.26. The molecule has 0 unspecified atom stereocenters. The van der Waals surface area contributed by atoms with Crippen LogP contribution in [0.25, 0.3) is 0 Å². The third-order valence-corrected chi connectivity index (χ3v) is 7.06. The van der Waals surface area contributed by atoms with Gasteiger partial charge in [0.1, 0.15) is 12.4 Å². The summed E-state index contributed by atoms with van der Waals surface area (Å²) in [5.74, 6) is 1.59. The molecule has 1 aliphatic rings. The van der Waals surface area contributed by atoms with Gasteiger partial charge in [-0.15, -0.1) is 11.3 Å². The molecule has 1 fully saturated rings. The first-order chi connectivity index (χ1) is 14.6. The molecule has 0 aliphatic carbocycles. The lowest BCUT2D eigenvalue weighted by Crippen LogP contribution is -2.38. The first kappa shape index (κ1) is 21.0. The normalized spacial score (nSPS) is 14.7. The van der Waals surface area contributed by atoms with Gasteiger partial charge in [0.05, 0.1) is 4.88 Å². The maximum atomic E-state index is 12.9. The van der Waals surface area contributed by atoms with Crippen molar-refractivity contribution in [3.63, 3.8) is 0 Å². The average molecular weight is 440 g/mol. The minimum absolute atomic E-state index is 0.145. The third kappa shape index (κ3) is 5.24. The summed E-state index contributed by atoms with van der Waals surface area (Å²) in [6.07, 6.45) is 3.24. The predicted octanol–water partition coefficient (Wildman–Crippen LogP) is 6.38. The van der Waals surface area contributed by atoms with Gasteiger partial charge in [-0.1, -0.05) is 41.9 Å². The Balaban J connectivity index is 1.28. The molecule has 30 heavy (non-hydrogen) atoms. The van der Waals surface area contributed by atoms with Gasteiger partial charge in [0.2, 0.25) is 0 Å². The number of thiophene rings is 1. The molecule has 156 valence electrons. The summed E-state index contributed by atoms with van der Waals surface area (Å²) < 4.78 is 5.86. The van der Waals surface area contributed by atoms with Crippen molar-refractivity contribution in [3.8, 4) is 5.75 Å². The fourth-order valence-electron chi connectivity index (χ4n) is 3.88. The average Bonchev–Trinajstić information content (AvgIpc) is 3.24. The van der Waals surface area contributed by atoms with Gasteiger partial charge in [0.15, 0.2) is 0 Å². The fourth-order valence-corrected chi connectivity index (χ4v) is 4.86. The van der Waals surface area contributed by atoms with Crippen LogP contribution >= 0.6 is 22.9 Å². The monoisotopic (exact) mass is 439 g/mol. The van der Waals surface area contributed by atoms with Crippen molar-refractivity contribution in [1.82, 2.24) is 4.90 Å². The lowest BCUT2D eigenvalue weighted by atomic mass is 9.90. The number of likely N-dealkylation sites (tertiary alicyclic amines) is 1. The Bertz CT molecular complexity index is 993. The third-order valence-electron chi connectivity index (χ3n) is 5.67. The summed E-state index contributed by atoms with van der Waals surface area (Å²) in [6.45, 7) is 4.08. The number of rotatable bonds is 6. The maximum absolute atomic E-state index is 12.9. The van der Waals surface area contributed by atoms with Crippen LogP contribution in [0.5, 0.6) is 5.75 Å². The molecule has 4 rings (SSSR count). The minimum atomic E-state index is 0.145.